The summed E-state index contributed by atoms with van der Waals surface area (Å²) in [5, 5.41) is 0.722. The molecule has 28 heavy (non-hydrogen) atoms. The number of fused-ring (bicyclic) bond motifs is 2. The van der Waals surface area contributed by atoms with Gasteiger partial charge in [-0.25, -0.2) is 4.98 Å². The molecule has 0 spiro atoms. The molecular weight excluding hydrogens is 376 g/mol. The summed E-state index contributed by atoms with van der Waals surface area (Å²) >= 11 is 1.59. The van der Waals surface area contributed by atoms with E-state index in [1.807, 2.05) is 24.3 Å². The Bertz CT molecular complexity index is 1120. The van der Waals surface area contributed by atoms with Crippen LogP contribution in [-0.4, -0.2) is 30.9 Å². The van der Waals surface area contributed by atoms with Crippen molar-refractivity contribution in [3.8, 4) is 17.2 Å². The van der Waals surface area contributed by atoms with Crippen LogP contribution >= 0.6 is 11.3 Å². The molecule has 3 heterocycles. The Hall–Kier alpha value is -2.80. The first-order valence-corrected chi connectivity index (χ1v) is 9.95. The van der Waals surface area contributed by atoms with Crippen molar-refractivity contribution in [3.05, 3.63) is 44.8 Å². The predicted octanol–water partition coefficient (Wildman–Crippen LogP) is 3.99. The van der Waals surface area contributed by atoms with Crippen molar-refractivity contribution in [1.29, 1.82) is 0 Å². The van der Waals surface area contributed by atoms with Gasteiger partial charge in [-0.05, 0) is 48.3 Å². The molecule has 0 saturated heterocycles. The molecule has 3 aromatic rings. The monoisotopic (exact) mass is 398 g/mol. The van der Waals surface area contributed by atoms with Crippen molar-refractivity contribution in [2.24, 2.45) is 0 Å². The third kappa shape index (κ3) is 2.96. The van der Waals surface area contributed by atoms with E-state index < -0.39 is 0 Å². The van der Waals surface area contributed by atoms with Crippen LogP contribution in [0.1, 0.15) is 29.6 Å². The number of hydrogen-bond acceptors (Lipinski definition) is 6. The van der Waals surface area contributed by atoms with Crippen molar-refractivity contribution in [1.82, 2.24) is 9.55 Å². The van der Waals surface area contributed by atoms with Gasteiger partial charge in [0.15, 0.2) is 11.5 Å². The summed E-state index contributed by atoms with van der Waals surface area (Å²) in [6.45, 7) is 2.73. The fraction of sp³-hybridized carbons (Fsp3) is 0.333. The second-order valence-electron chi connectivity index (χ2n) is 6.56. The highest BCUT2D eigenvalue weighted by Crippen LogP contribution is 2.39. The number of rotatable bonds is 5. The molecule has 0 amide bonds. The maximum atomic E-state index is 12.9. The molecule has 1 aliphatic heterocycles. The molecule has 0 N–H and O–H groups in total. The topological polar surface area (TPSA) is 62.6 Å². The van der Waals surface area contributed by atoms with Gasteiger partial charge in [0, 0.05) is 11.4 Å². The minimum Gasteiger partial charge on any atom is -0.493 e. The quantitative estimate of drug-likeness (QED) is 0.650. The number of aromatic nitrogens is 2. The highest BCUT2D eigenvalue weighted by atomic mass is 32.1. The van der Waals surface area contributed by atoms with E-state index in [9.17, 15) is 4.79 Å². The second kappa shape index (κ2) is 7.31. The molecule has 0 atom stereocenters. The van der Waals surface area contributed by atoms with Crippen LogP contribution in [0.15, 0.2) is 23.0 Å². The van der Waals surface area contributed by atoms with E-state index in [0.717, 1.165) is 40.0 Å². The third-order valence-electron chi connectivity index (χ3n) is 4.97. The van der Waals surface area contributed by atoms with E-state index in [0.29, 0.717) is 23.8 Å². The van der Waals surface area contributed by atoms with Crippen LogP contribution in [-0.2, 0) is 13.0 Å². The number of thiophene rings is 1. The summed E-state index contributed by atoms with van der Waals surface area (Å²) in [5.41, 5.74) is 1.98. The van der Waals surface area contributed by atoms with E-state index >= 15 is 0 Å². The normalized spacial score (nSPS) is 14.5. The molecular formula is C21H22N2O4S. The molecule has 146 valence electrons. The van der Waals surface area contributed by atoms with Gasteiger partial charge in [0.05, 0.1) is 26.7 Å². The molecule has 0 saturated carbocycles. The number of ether oxygens (including phenoxy) is 3. The molecule has 0 unspecified atom stereocenters. The molecule has 1 aliphatic rings. The van der Waals surface area contributed by atoms with Gasteiger partial charge in [0.25, 0.3) is 5.56 Å². The maximum Gasteiger partial charge on any atom is 0.262 e. The minimum atomic E-state index is 0.0456. The van der Waals surface area contributed by atoms with Crippen molar-refractivity contribution in [2.75, 3.05) is 21.3 Å². The summed E-state index contributed by atoms with van der Waals surface area (Å²) in [5.74, 6) is 2.49. The van der Waals surface area contributed by atoms with E-state index in [1.165, 1.54) is 4.88 Å². The first-order chi connectivity index (χ1) is 13.6. The molecule has 0 fully saturated rings. The van der Waals surface area contributed by atoms with Gasteiger partial charge in [-0.2, -0.15) is 0 Å². The predicted molar refractivity (Wildman–Crippen MR) is 112 cm³/mol. The first kappa shape index (κ1) is 18.6. The summed E-state index contributed by atoms with van der Waals surface area (Å²) in [4.78, 5) is 19.7. The van der Waals surface area contributed by atoms with Gasteiger partial charge in [-0.1, -0.05) is 6.92 Å². The van der Waals surface area contributed by atoms with Gasteiger partial charge in [-0.15, -0.1) is 11.3 Å². The van der Waals surface area contributed by atoms with Crippen LogP contribution in [0.5, 0.6) is 17.2 Å². The zero-order valence-electron chi connectivity index (χ0n) is 16.4. The molecule has 4 rings (SSSR count). The third-order valence-corrected chi connectivity index (χ3v) is 6.14. The van der Waals surface area contributed by atoms with Crippen LogP contribution in [0.25, 0.3) is 21.9 Å². The van der Waals surface area contributed by atoms with Gasteiger partial charge in [0.2, 0.25) is 5.75 Å². The lowest BCUT2D eigenvalue weighted by molar-refractivity contribution is 0.324. The zero-order valence-corrected chi connectivity index (χ0v) is 17.2. The Morgan fingerprint density at radius 1 is 1.14 bits per heavy atom. The smallest absolute Gasteiger partial charge is 0.262 e. The minimum absolute atomic E-state index is 0.0456. The molecule has 7 heteroatoms. The first-order valence-electron chi connectivity index (χ1n) is 9.13. The van der Waals surface area contributed by atoms with Gasteiger partial charge >= 0.3 is 0 Å². The lowest BCUT2D eigenvalue weighted by Gasteiger charge is -2.13. The highest BCUT2D eigenvalue weighted by Gasteiger charge is 2.22. The molecule has 0 radical (unpaired) electrons. The van der Waals surface area contributed by atoms with Crippen LogP contribution in [0, 0.1) is 0 Å². The Morgan fingerprint density at radius 3 is 2.46 bits per heavy atom. The Labute approximate surface area is 167 Å². The standard InChI is InChI=1S/C21H22N2O4S/c1-5-14-11-15-20(28-14)22-19-13(6-7-23(19)21(15)24)8-12-9-16(25-2)18(27-4)17(10-12)26-3/h8-11H,5-7H2,1-4H3/b13-8+. The Kier molecular flexibility index (Phi) is 4.85. The zero-order chi connectivity index (χ0) is 19.8. The van der Waals surface area contributed by atoms with Crippen LogP contribution in [0.2, 0.25) is 0 Å². The Morgan fingerprint density at radius 2 is 1.86 bits per heavy atom. The molecule has 0 bridgehead atoms. The van der Waals surface area contributed by atoms with Gasteiger partial charge in [-0.3, -0.25) is 9.36 Å². The summed E-state index contributed by atoms with van der Waals surface area (Å²) < 4.78 is 18.0. The fourth-order valence-corrected chi connectivity index (χ4v) is 4.52. The summed E-state index contributed by atoms with van der Waals surface area (Å²) in [6.07, 6.45) is 3.71. The number of benzene rings is 1. The molecule has 1 aromatic carbocycles. The largest absolute Gasteiger partial charge is 0.493 e. The van der Waals surface area contributed by atoms with Crippen molar-refractivity contribution in [2.45, 2.75) is 26.3 Å². The van der Waals surface area contributed by atoms with Crippen LogP contribution < -0.4 is 19.8 Å². The number of nitrogens with zero attached hydrogens (tertiary/aromatic N) is 2. The number of aryl methyl sites for hydroxylation is 1. The number of allylic oxidation sites excluding steroid dienone is 1. The molecule has 2 aromatic heterocycles. The average molecular weight is 398 g/mol. The average Bonchev–Trinajstić information content (AvgIpc) is 3.32. The van der Waals surface area contributed by atoms with Crippen molar-refractivity contribution < 1.29 is 14.2 Å². The number of hydrogen-bond donors (Lipinski definition) is 0. The van der Waals surface area contributed by atoms with Crippen LogP contribution in [0.4, 0.5) is 0 Å². The maximum absolute atomic E-state index is 12.9. The van der Waals surface area contributed by atoms with E-state index in [1.54, 1.807) is 37.2 Å². The number of methoxy groups -OCH3 is 3. The molecule has 0 aliphatic carbocycles. The van der Waals surface area contributed by atoms with Gasteiger partial charge in [0.1, 0.15) is 10.7 Å². The molecule has 6 nitrogen and oxygen atoms in total. The van der Waals surface area contributed by atoms with E-state index in [4.69, 9.17) is 19.2 Å². The van der Waals surface area contributed by atoms with Crippen molar-refractivity contribution >= 4 is 33.2 Å². The highest BCUT2D eigenvalue weighted by molar-refractivity contribution is 7.18. The van der Waals surface area contributed by atoms with E-state index in [-0.39, 0.29) is 5.56 Å². The SMILES string of the molecule is CCc1cc2c(=O)n3c(nc2s1)/C(=C/c1cc(OC)c(OC)c(OC)c1)CC3. The van der Waals surface area contributed by atoms with Gasteiger partial charge < -0.3 is 14.2 Å². The lowest BCUT2D eigenvalue weighted by Crippen LogP contribution is -2.19. The fourth-order valence-electron chi connectivity index (χ4n) is 3.56. The summed E-state index contributed by atoms with van der Waals surface area (Å²) in [6, 6.07) is 5.77. The van der Waals surface area contributed by atoms with Crippen LogP contribution in [0.3, 0.4) is 0 Å². The van der Waals surface area contributed by atoms with E-state index in [2.05, 4.69) is 6.92 Å². The lowest BCUT2D eigenvalue weighted by atomic mass is 10.1. The second-order valence-corrected chi connectivity index (χ2v) is 7.67. The summed E-state index contributed by atoms with van der Waals surface area (Å²) in [7, 11) is 4.77. The Balaban J connectivity index is 1.84. The van der Waals surface area contributed by atoms with Crippen molar-refractivity contribution in [3.63, 3.8) is 0 Å².